The van der Waals surface area contributed by atoms with Crippen molar-refractivity contribution >= 4 is 75.0 Å². The molecule has 0 unspecified atom stereocenters. The first kappa shape index (κ1) is 21.1. The van der Waals surface area contributed by atoms with Crippen LogP contribution >= 0.6 is 11.3 Å². The maximum atomic E-state index is 2.50. The van der Waals surface area contributed by atoms with Crippen LogP contribution < -0.4 is 0 Å². The summed E-state index contributed by atoms with van der Waals surface area (Å²) in [5, 5.41) is 9.00. The zero-order valence-corrected chi connectivity index (χ0v) is 21.8. The average Bonchev–Trinajstić information content (AvgIpc) is 3.68. The van der Waals surface area contributed by atoms with Gasteiger partial charge in [0.05, 0.1) is 26.9 Å². The molecule has 6 aromatic carbocycles. The van der Waals surface area contributed by atoms with E-state index in [1.165, 1.54) is 75.0 Å². The average molecular weight is 515 g/mol. The SMILES string of the molecule is c1ccc(-n2ccc3cc4c(ccc5c6ccccc6n(-c6cccc7c6sc6ccccc67)c45)cc32)cc1. The van der Waals surface area contributed by atoms with Crippen molar-refractivity contribution < 1.29 is 0 Å². The van der Waals surface area contributed by atoms with Gasteiger partial charge < -0.3 is 9.13 Å². The largest absolute Gasteiger partial charge is 0.317 e. The summed E-state index contributed by atoms with van der Waals surface area (Å²) in [6.45, 7) is 0. The van der Waals surface area contributed by atoms with Crippen molar-refractivity contribution in [3.8, 4) is 11.4 Å². The first-order valence-electron chi connectivity index (χ1n) is 13.3. The number of rotatable bonds is 2. The van der Waals surface area contributed by atoms with E-state index in [9.17, 15) is 0 Å². The Morgan fingerprint density at radius 2 is 1.28 bits per heavy atom. The zero-order valence-electron chi connectivity index (χ0n) is 21.0. The van der Waals surface area contributed by atoms with E-state index in [0.29, 0.717) is 0 Å². The highest BCUT2D eigenvalue weighted by atomic mass is 32.1. The summed E-state index contributed by atoms with van der Waals surface area (Å²) in [6.07, 6.45) is 2.18. The Balaban J connectivity index is 1.43. The molecule has 9 rings (SSSR count). The van der Waals surface area contributed by atoms with E-state index >= 15 is 0 Å². The smallest absolute Gasteiger partial charge is 0.0641 e. The summed E-state index contributed by atoms with van der Waals surface area (Å²) < 4.78 is 7.45. The molecule has 3 aromatic heterocycles. The number of benzene rings is 6. The van der Waals surface area contributed by atoms with Crippen LogP contribution in [0.1, 0.15) is 0 Å². The van der Waals surface area contributed by atoms with E-state index < -0.39 is 0 Å². The third-order valence-electron chi connectivity index (χ3n) is 8.12. The lowest BCUT2D eigenvalue weighted by molar-refractivity contribution is 1.13. The second kappa shape index (κ2) is 7.83. The van der Waals surface area contributed by atoms with Gasteiger partial charge in [-0.15, -0.1) is 11.3 Å². The molecule has 9 aromatic rings. The number of para-hydroxylation sites is 2. The molecule has 3 heterocycles. The van der Waals surface area contributed by atoms with E-state index in [-0.39, 0.29) is 0 Å². The fraction of sp³-hybridized carbons (Fsp3) is 0. The second-order valence-corrected chi connectivity index (χ2v) is 11.3. The molecular formula is C36H22N2S. The summed E-state index contributed by atoms with van der Waals surface area (Å²) >= 11 is 1.89. The lowest BCUT2D eigenvalue weighted by atomic mass is 10.0. The van der Waals surface area contributed by atoms with Gasteiger partial charge in [-0.3, -0.25) is 0 Å². The van der Waals surface area contributed by atoms with Crippen LogP contribution in [0.25, 0.3) is 75.0 Å². The van der Waals surface area contributed by atoms with Crippen LogP contribution in [0, 0.1) is 0 Å². The van der Waals surface area contributed by atoms with Crippen LogP contribution in [0.4, 0.5) is 0 Å². The highest BCUT2D eigenvalue weighted by Gasteiger charge is 2.18. The van der Waals surface area contributed by atoms with Gasteiger partial charge in [0.1, 0.15) is 0 Å². The van der Waals surface area contributed by atoms with Gasteiger partial charge in [-0.25, -0.2) is 0 Å². The second-order valence-electron chi connectivity index (χ2n) is 10.2. The Labute approximate surface area is 228 Å². The molecule has 182 valence electrons. The minimum Gasteiger partial charge on any atom is -0.317 e. The third-order valence-corrected chi connectivity index (χ3v) is 9.33. The van der Waals surface area contributed by atoms with Gasteiger partial charge in [0.25, 0.3) is 0 Å². The van der Waals surface area contributed by atoms with Crippen molar-refractivity contribution in [3.05, 3.63) is 134 Å². The Morgan fingerprint density at radius 3 is 2.21 bits per heavy atom. The molecule has 2 nitrogen and oxygen atoms in total. The summed E-state index contributed by atoms with van der Waals surface area (Å²) in [6, 6.07) is 46.5. The molecule has 0 radical (unpaired) electrons. The zero-order chi connectivity index (χ0) is 25.5. The molecular weight excluding hydrogens is 492 g/mol. The monoisotopic (exact) mass is 514 g/mol. The normalized spacial score (nSPS) is 12.1. The third kappa shape index (κ3) is 2.91. The number of fused-ring (bicyclic) bond motifs is 9. The summed E-state index contributed by atoms with van der Waals surface area (Å²) in [7, 11) is 0. The van der Waals surface area contributed by atoms with Crippen molar-refractivity contribution in [3.63, 3.8) is 0 Å². The highest BCUT2D eigenvalue weighted by molar-refractivity contribution is 7.26. The molecule has 0 N–H and O–H groups in total. The van der Waals surface area contributed by atoms with Gasteiger partial charge in [0.15, 0.2) is 0 Å². The lowest BCUT2D eigenvalue weighted by Crippen LogP contribution is -1.95. The standard InChI is InChI=1S/C36H22N2S/c1-2-9-25(10-3-1)37-20-19-24-21-30-23(22-33(24)37)17-18-28-26-11-4-6-14-31(26)38(35(28)30)32-15-8-13-29-27-12-5-7-16-34(27)39-36(29)32/h1-22H. The fourth-order valence-electron chi connectivity index (χ4n) is 6.39. The van der Waals surface area contributed by atoms with E-state index in [2.05, 4.69) is 143 Å². The summed E-state index contributed by atoms with van der Waals surface area (Å²) in [5.41, 5.74) is 6.16. The Kier molecular flexibility index (Phi) is 4.24. The van der Waals surface area contributed by atoms with Crippen molar-refractivity contribution in [1.82, 2.24) is 9.13 Å². The molecule has 0 aliphatic carbocycles. The van der Waals surface area contributed by atoms with Crippen molar-refractivity contribution in [2.75, 3.05) is 0 Å². The first-order valence-corrected chi connectivity index (χ1v) is 14.1. The number of thiophene rings is 1. The van der Waals surface area contributed by atoms with E-state index in [1.54, 1.807) is 0 Å². The van der Waals surface area contributed by atoms with E-state index in [0.717, 1.165) is 0 Å². The topological polar surface area (TPSA) is 9.86 Å². The maximum absolute atomic E-state index is 2.50. The van der Waals surface area contributed by atoms with E-state index in [1.807, 2.05) is 11.3 Å². The maximum Gasteiger partial charge on any atom is 0.0641 e. The Bertz CT molecular complexity index is 2390. The minimum atomic E-state index is 1.18. The summed E-state index contributed by atoms with van der Waals surface area (Å²) in [4.78, 5) is 0. The fourth-order valence-corrected chi connectivity index (χ4v) is 7.59. The lowest BCUT2D eigenvalue weighted by Gasteiger charge is -2.12. The van der Waals surface area contributed by atoms with Crippen LogP contribution in [0.2, 0.25) is 0 Å². The number of aromatic nitrogens is 2. The van der Waals surface area contributed by atoms with Crippen molar-refractivity contribution in [2.24, 2.45) is 0 Å². The molecule has 0 bridgehead atoms. The van der Waals surface area contributed by atoms with Crippen LogP contribution in [-0.4, -0.2) is 9.13 Å². The van der Waals surface area contributed by atoms with Gasteiger partial charge >= 0.3 is 0 Å². The Morgan fingerprint density at radius 1 is 0.487 bits per heavy atom. The highest BCUT2D eigenvalue weighted by Crippen LogP contribution is 2.43. The minimum absolute atomic E-state index is 1.18. The van der Waals surface area contributed by atoms with Gasteiger partial charge in [0, 0.05) is 48.9 Å². The van der Waals surface area contributed by atoms with Crippen molar-refractivity contribution in [2.45, 2.75) is 0 Å². The number of hydrogen-bond acceptors (Lipinski definition) is 1. The molecule has 0 saturated carbocycles. The van der Waals surface area contributed by atoms with Gasteiger partial charge in [-0.2, -0.15) is 0 Å². The van der Waals surface area contributed by atoms with Crippen molar-refractivity contribution in [1.29, 1.82) is 0 Å². The molecule has 0 amide bonds. The molecule has 0 atom stereocenters. The van der Waals surface area contributed by atoms with Gasteiger partial charge in [-0.1, -0.05) is 78.9 Å². The molecule has 3 heteroatoms. The van der Waals surface area contributed by atoms with Gasteiger partial charge in [0.2, 0.25) is 0 Å². The van der Waals surface area contributed by atoms with Crippen LogP contribution in [-0.2, 0) is 0 Å². The molecule has 0 spiro atoms. The molecule has 0 aliphatic heterocycles. The number of hydrogen-bond donors (Lipinski definition) is 0. The molecule has 0 aliphatic rings. The summed E-state index contributed by atoms with van der Waals surface area (Å²) in [5.74, 6) is 0. The van der Waals surface area contributed by atoms with E-state index in [4.69, 9.17) is 0 Å². The predicted octanol–water partition coefficient (Wildman–Crippen LogP) is 10.2. The molecule has 0 saturated heterocycles. The Hall–Kier alpha value is -4.86. The number of nitrogens with zero attached hydrogens (tertiary/aromatic N) is 2. The molecule has 0 fully saturated rings. The predicted molar refractivity (Wildman–Crippen MR) is 168 cm³/mol. The quantitative estimate of drug-likeness (QED) is 0.217. The van der Waals surface area contributed by atoms with Crippen LogP contribution in [0.5, 0.6) is 0 Å². The van der Waals surface area contributed by atoms with Gasteiger partial charge in [-0.05, 0) is 53.9 Å². The molecule has 39 heavy (non-hydrogen) atoms. The van der Waals surface area contributed by atoms with Crippen LogP contribution in [0.3, 0.4) is 0 Å². The van der Waals surface area contributed by atoms with Crippen LogP contribution in [0.15, 0.2) is 134 Å². The first-order chi connectivity index (χ1) is 19.3.